The Hall–Kier alpha value is -0.830. The van der Waals surface area contributed by atoms with Gasteiger partial charge in [0.05, 0.1) is 0 Å². The third kappa shape index (κ3) is 2.46. The summed E-state index contributed by atoms with van der Waals surface area (Å²) in [6.07, 6.45) is 2.50. The number of anilines is 1. The summed E-state index contributed by atoms with van der Waals surface area (Å²) < 4.78 is 0. The lowest BCUT2D eigenvalue weighted by molar-refractivity contribution is 0.435. The molecular formula is C12H18ClN3. The molecule has 16 heavy (non-hydrogen) atoms. The van der Waals surface area contributed by atoms with Crippen molar-refractivity contribution in [1.29, 1.82) is 0 Å². The largest absolute Gasteiger partial charge is 0.367 e. The highest BCUT2D eigenvalue weighted by Gasteiger charge is 2.29. The van der Waals surface area contributed by atoms with Crippen molar-refractivity contribution in [2.45, 2.75) is 39.7 Å². The van der Waals surface area contributed by atoms with E-state index in [9.17, 15) is 0 Å². The van der Waals surface area contributed by atoms with Crippen LogP contribution in [-0.2, 0) is 0 Å². The lowest BCUT2D eigenvalue weighted by Crippen LogP contribution is -2.24. The zero-order valence-electron chi connectivity index (χ0n) is 10.00. The second-order valence-electron chi connectivity index (χ2n) is 4.79. The Morgan fingerprint density at radius 2 is 2.06 bits per heavy atom. The van der Waals surface area contributed by atoms with Crippen molar-refractivity contribution in [1.82, 2.24) is 9.97 Å². The zero-order valence-corrected chi connectivity index (χ0v) is 10.8. The first kappa shape index (κ1) is 11.6. The molecule has 3 nitrogen and oxygen atoms in total. The van der Waals surface area contributed by atoms with Crippen molar-refractivity contribution in [3.8, 4) is 0 Å². The number of halogens is 1. The summed E-state index contributed by atoms with van der Waals surface area (Å²) in [4.78, 5) is 8.41. The van der Waals surface area contributed by atoms with Crippen LogP contribution in [0.4, 0.5) is 5.82 Å². The van der Waals surface area contributed by atoms with E-state index in [1.807, 2.05) is 6.92 Å². The van der Waals surface area contributed by atoms with Gasteiger partial charge in [-0.15, -0.1) is 0 Å². The quantitative estimate of drug-likeness (QED) is 0.805. The molecule has 1 N–H and O–H groups in total. The normalized spacial score (nSPS) is 29.4. The van der Waals surface area contributed by atoms with Crippen LogP contribution in [0.5, 0.6) is 0 Å². The maximum absolute atomic E-state index is 5.91. The minimum absolute atomic E-state index is 0.508. The SMILES string of the molecule is Cc1nc(Cl)cc(NC2CCC(C)C2C)n1. The van der Waals surface area contributed by atoms with Crippen LogP contribution < -0.4 is 5.32 Å². The summed E-state index contributed by atoms with van der Waals surface area (Å²) in [7, 11) is 0. The molecule has 0 radical (unpaired) electrons. The van der Waals surface area contributed by atoms with E-state index in [0.29, 0.717) is 22.9 Å². The van der Waals surface area contributed by atoms with Crippen molar-refractivity contribution in [3.05, 3.63) is 17.0 Å². The second-order valence-corrected chi connectivity index (χ2v) is 5.17. The van der Waals surface area contributed by atoms with Gasteiger partial charge in [0.15, 0.2) is 0 Å². The van der Waals surface area contributed by atoms with Gasteiger partial charge in [0.1, 0.15) is 16.8 Å². The number of aromatic nitrogens is 2. The highest BCUT2D eigenvalue weighted by Crippen LogP contribution is 2.33. The number of hydrogen-bond acceptors (Lipinski definition) is 3. The summed E-state index contributed by atoms with van der Waals surface area (Å²) in [5.74, 6) is 3.04. The third-order valence-corrected chi connectivity index (χ3v) is 3.80. The van der Waals surface area contributed by atoms with Crippen molar-refractivity contribution in [2.24, 2.45) is 11.8 Å². The van der Waals surface area contributed by atoms with Gasteiger partial charge in [-0.2, -0.15) is 0 Å². The van der Waals surface area contributed by atoms with Crippen LogP contribution in [0.3, 0.4) is 0 Å². The van der Waals surface area contributed by atoms with Gasteiger partial charge in [-0.05, 0) is 31.6 Å². The number of nitrogens with zero attached hydrogens (tertiary/aromatic N) is 2. The fourth-order valence-electron chi connectivity index (χ4n) is 2.36. The molecule has 4 heteroatoms. The number of aryl methyl sites for hydroxylation is 1. The van der Waals surface area contributed by atoms with E-state index in [-0.39, 0.29) is 0 Å². The summed E-state index contributed by atoms with van der Waals surface area (Å²) in [6, 6.07) is 2.31. The molecule has 0 saturated heterocycles. The van der Waals surface area contributed by atoms with Gasteiger partial charge in [-0.1, -0.05) is 25.4 Å². The first-order chi connectivity index (χ1) is 7.56. The van der Waals surface area contributed by atoms with Gasteiger partial charge in [0, 0.05) is 12.1 Å². The molecule has 0 aromatic carbocycles. The highest BCUT2D eigenvalue weighted by atomic mass is 35.5. The molecule has 0 amide bonds. The molecule has 3 atom stereocenters. The Kier molecular flexibility index (Phi) is 3.33. The lowest BCUT2D eigenvalue weighted by atomic mass is 9.98. The van der Waals surface area contributed by atoms with Crippen LogP contribution in [0, 0.1) is 18.8 Å². The van der Waals surface area contributed by atoms with Crippen LogP contribution in [0.2, 0.25) is 5.15 Å². The molecule has 1 aromatic rings. The average molecular weight is 240 g/mol. The monoisotopic (exact) mass is 239 g/mol. The molecule has 0 bridgehead atoms. The fraction of sp³-hybridized carbons (Fsp3) is 0.667. The first-order valence-electron chi connectivity index (χ1n) is 5.84. The van der Waals surface area contributed by atoms with Gasteiger partial charge >= 0.3 is 0 Å². The molecule has 2 rings (SSSR count). The number of nitrogens with one attached hydrogen (secondary N) is 1. The van der Waals surface area contributed by atoms with Crippen molar-refractivity contribution in [3.63, 3.8) is 0 Å². The highest BCUT2D eigenvalue weighted by molar-refractivity contribution is 6.29. The molecule has 1 saturated carbocycles. The van der Waals surface area contributed by atoms with Crippen LogP contribution in [0.15, 0.2) is 6.07 Å². The van der Waals surface area contributed by atoms with Gasteiger partial charge < -0.3 is 5.32 Å². The van der Waals surface area contributed by atoms with Gasteiger partial charge in [0.25, 0.3) is 0 Å². The number of hydrogen-bond donors (Lipinski definition) is 1. The Bertz CT molecular complexity index is 360. The van der Waals surface area contributed by atoms with Crippen LogP contribution in [0.25, 0.3) is 0 Å². The Morgan fingerprint density at radius 3 is 2.62 bits per heavy atom. The molecule has 1 aromatic heterocycles. The van der Waals surface area contributed by atoms with Crippen molar-refractivity contribution >= 4 is 17.4 Å². The van der Waals surface area contributed by atoms with E-state index in [1.54, 1.807) is 6.07 Å². The Morgan fingerprint density at radius 1 is 1.31 bits per heavy atom. The molecule has 1 aliphatic rings. The average Bonchev–Trinajstić information content (AvgIpc) is 2.48. The van der Waals surface area contributed by atoms with E-state index in [4.69, 9.17) is 11.6 Å². The molecular weight excluding hydrogens is 222 g/mol. The standard InChI is InChI=1S/C12H18ClN3/c1-7-4-5-10(8(7)2)16-12-6-11(13)14-9(3)15-12/h6-8,10H,4-5H2,1-3H3,(H,14,15,16). The van der Waals surface area contributed by atoms with Crippen molar-refractivity contribution < 1.29 is 0 Å². The van der Waals surface area contributed by atoms with E-state index in [2.05, 4.69) is 29.1 Å². The molecule has 0 aliphatic heterocycles. The molecule has 0 spiro atoms. The Balaban J connectivity index is 2.09. The first-order valence-corrected chi connectivity index (χ1v) is 6.22. The maximum atomic E-state index is 5.91. The van der Waals surface area contributed by atoms with E-state index < -0.39 is 0 Å². The minimum Gasteiger partial charge on any atom is -0.367 e. The molecule has 1 fully saturated rings. The summed E-state index contributed by atoms with van der Waals surface area (Å²) in [5.41, 5.74) is 0. The van der Waals surface area contributed by atoms with Crippen LogP contribution in [-0.4, -0.2) is 16.0 Å². The topological polar surface area (TPSA) is 37.8 Å². The van der Waals surface area contributed by atoms with E-state index in [1.165, 1.54) is 12.8 Å². The third-order valence-electron chi connectivity index (χ3n) is 3.61. The zero-order chi connectivity index (χ0) is 11.7. The fourth-order valence-corrected chi connectivity index (χ4v) is 2.59. The van der Waals surface area contributed by atoms with Crippen LogP contribution in [0.1, 0.15) is 32.5 Å². The molecule has 1 heterocycles. The van der Waals surface area contributed by atoms with E-state index in [0.717, 1.165) is 11.7 Å². The summed E-state index contributed by atoms with van der Waals surface area (Å²) in [5, 5.41) is 3.98. The smallest absolute Gasteiger partial charge is 0.134 e. The predicted molar refractivity (Wildman–Crippen MR) is 66.8 cm³/mol. The predicted octanol–water partition coefficient (Wildman–Crippen LogP) is 3.28. The minimum atomic E-state index is 0.508. The van der Waals surface area contributed by atoms with Gasteiger partial charge in [0.2, 0.25) is 0 Å². The van der Waals surface area contributed by atoms with Crippen LogP contribution >= 0.6 is 11.6 Å². The molecule has 3 unspecified atom stereocenters. The summed E-state index contributed by atoms with van der Waals surface area (Å²) in [6.45, 7) is 6.47. The van der Waals surface area contributed by atoms with Gasteiger partial charge in [-0.25, -0.2) is 9.97 Å². The Labute approximate surface area is 102 Å². The van der Waals surface area contributed by atoms with Gasteiger partial charge in [-0.3, -0.25) is 0 Å². The summed E-state index contributed by atoms with van der Waals surface area (Å²) >= 11 is 5.91. The second kappa shape index (κ2) is 4.58. The lowest BCUT2D eigenvalue weighted by Gasteiger charge is -2.20. The number of rotatable bonds is 2. The van der Waals surface area contributed by atoms with Crippen molar-refractivity contribution in [2.75, 3.05) is 5.32 Å². The van der Waals surface area contributed by atoms with E-state index >= 15 is 0 Å². The maximum Gasteiger partial charge on any atom is 0.134 e. The molecule has 1 aliphatic carbocycles. The molecule has 88 valence electrons.